The Morgan fingerprint density at radius 2 is 1.92 bits per heavy atom. The van der Waals surface area contributed by atoms with Gasteiger partial charge in [0.05, 0.1) is 30.0 Å². The van der Waals surface area contributed by atoms with Crippen LogP contribution in [0.15, 0.2) is 65.5 Å². The van der Waals surface area contributed by atoms with Crippen LogP contribution in [0.5, 0.6) is 0 Å². The lowest BCUT2D eigenvalue weighted by Gasteiger charge is -2.37. The van der Waals surface area contributed by atoms with Crippen molar-refractivity contribution in [1.82, 2.24) is 15.2 Å². The van der Waals surface area contributed by atoms with Crippen LogP contribution in [0.4, 0.5) is 15.8 Å². The highest BCUT2D eigenvalue weighted by molar-refractivity contribution is 7.07. The average Bonchev–Trinajstić information content (AvgIpc) is 3.79. The minimum Gasteiger partial charge on any atom is -0.345 e. The third-order valence-electron chi connectivity index (χ3n) is 8.79. The number of thiophene rings is 1. The Bertz CT molecular complexity index is 1820. The molecule has 4 N–H and O–H groups in total. The van der Waals surface area contributed by atoms with E-state index in [1.54, 1.807) is 34.4 Å². The van der Waals surface area contributed by atoms with Gasteiger partial charge in [-0.1, -0.05) is 30.3 Å². The van der Waals surface area contributed by atoms with Crippen molar-refractivity contribution in [3.05, 3.63) is 82.2 Å². The molecule has 2 aliphatic heterocycles. The van der Waals surface area contributed by atoms with E-state index in [1.807, 2.05) is 59.3 Å². The molecule has 1 saturated heterocycles. The molecule has 4 amide bonds. The number of rotatable bonds is 11. The van der Waals surface area contributed by atoms with Gasteiger partial charge in [-0.2, -0.15) is 11.3 Å². The zero-order valence-electron chi connectivity index (χ0n) is 26.9. The first-order chi connectivity index (χ1) is 22.5. The molecule has 0 radical (unpaired) electrons. The largest absolute Gasteiger partial charge is 0.345 e. The van der Waals surface area contributed by atoms with E-state index < -0.39 is 36.1 Å². The van der Waals surface area contributed by atoms with Crippen LogP contribution < -0.4 is 26.2 Å². The first-order valence-corrected chi connectivity index (χ1v) is 16.8. The minimum atomic E-state index is -1.26. The SMILES string of the molecule is CC(C)(N)C(=O)N[C@H](Cc1cn(CCF)c2ccccc12)C(=O)NC1Cc2cccc(N3CCCC3=O)c2N(Cc2ccsc2)C1=O.Cl. The van der Waals surface area contributed by atoms with Crippen LogP contribution >= 0.6 is 23.7 Å². The molecule has 2 aliphatic rings. The van der Waals surface area contributed by atoms with E-state index in [0.29, 0.717) is 24.3 Å². The van der Waals surface area contributed by atoms with E-state index in [1.165, 1.54) is 11.3 Å². The van der Waals surface area contributed by atoms with Gasteiger partial charge in [0.15, 0.2) is 0 Å². The normalized spacial score (nSPS) is 16.9. The van der Waals surface area contributed by atoms with Crippen LogP contribution in [0.2, 0.25) is 0 Å². The predicted molar refractivity (Wildman–Crippen MR) is 188 cm³/mol. The van der Waals surface area contributed by atoms with Crippen LogP contribution in [0.3, 0.4) is 0 Å². The highest BCUT2D eigenvalue weighted by atomic mass is 35.5. The second-order valence-electron chi connectivity index (χ2n) is 12.8. The van der Waals surface area contributed by atoms with Crippen molar-refractivity contribution in [2.24, 2.45) is 5.73 Å². The second-order valence-corrected chi connectivity index (χ2v) is 13.5. The summed E-state index contributed by atoms with van der Waals surface area (Å²) in [7, 11) is 0. The number of amides is 4. The molecule has 1 unspecified atom stereocenters. The third kappa shape index (κ3) is 7.11. The number of aromatic nitrogens is 1. The van der Waals surface area contributed by atoms with Crippen molar-refractivity contribution in [2.75, 3.05) is 23.0 Å². The molecule has 0 saturated carbocycles. The lowest BCUT2D eigenvalue weighted by atomic mass is 9.94. The number of anilines is 2. The highest BCUT2D eigenvalue weighted by Gasteiger charge is 2.39. The Morgan fingerprint density at radius 1 is 1.12 bits per heavy atom. The molecular formula is C35H40ClFN6O4S. The van der Waals surface area contributed by atoms with E-state index in [-0.39, 0.29) is 50.2 Å². The summed E-state index contributed by atoms with van der Waals surface area (Å²) in [6.45, 7) is 3.56. The molecule has 0 aliphatic carbocycles. The fourth-order valence-corrected chi connectivity index (χ4v) is 7.08. The molecule has 1 fully saturated rings. The van der Waals surface area contributed by atoms with Crippen LogP contribution in [0.25, 0.3) is 10.9 Å². The number of alkyl halides is 1. The van der Waals surface area contributed by atoms with Gasteiger partial charge in [0.1, 0.15) is 18.8 Å². The Morgan fingerprint density at radius 3 is 2.60 bits per heavy atom. The van der Waals surface area contributed by atoms with Gasteiger partial charge in [-0.25, -0.2) is 4.39 Å². The molecule has 2 atom stereocenters. The molecule has 6 rings (SSSR count). The number of aryl methyl sites for hydroxylation is 1. The molecule has 4 aromatic rings. The molecule has 2 aromatic carbocycles. The summed E-state index contributed by atoms with van der Waals surface area (Å²) in [5.41, 5.74) is 9.55. The summed E-state index contributed by atoms with van der Waals surface area (Å²) >= 11 is 1.52. The number of hydrogen-bond donors (Lipinski definition) is 3. The standard InChI is InChI=1S/C35H39FN6O4S.ClH/c1-35(2,37)34(46)39-26(18-24-20-40(15-13-36)28-9-4-3-8-25(24)28)32(44)38-27-17-23-7-5-10-29(41-14-6-11-30(41)43)31(23)42(33(27)45)19-22-12-16-47-21-22;/h3-5,7-10,12,16,20-21,26-27H,6,11,13-15,17-19,37H2,1-2H3,(H,38,44)(H,39,46);1H/t26-,27?;/m1./s1. The van der Waals surface area contributed by atoms with Crippen molar-refractivity contribution >= 4 is 69.7 Å². The molecule has 48 heavy (non-hydrogen) atoms. The average molecular weight is 695 g/mol. The quantitative estimate of drug-likeness (QED) is 0.216. The van der Waals surface area contributed by atoms with Gasteiger partial charge in [-0.05, 0) is 65.9 Å². The third-order valence-corrected chi connectivity index (χ3v) is 9.52. The summed E-state index contributed by atoms with van der Waals surface area (Å²) in [4.78, 5) is 57.7. The Balaban J connectivity index is 0.00000451. The zero-order chi connectivity index (χ0) is 33.3. The van der Waals surface area contributed by atoms with Gasteiger partial charge < -0.3 is 30.7 Å². The van der Waals surface area contributed by atoms with Crippen LogP contribution in [-0.4, -0.2) is 59.0 Å². The predicted octanol–water partition coefficient (Wildman–Crippen LogP) is 4.26. The first-order valence-electron chi connectivity index (χ1n) is 15.8. The number of nitrogens with two attached hydrogens (primary N) is 1. The van der Waals surface area contributed by atoms with Gasteiger partial charge in [0, 0.05) is 42.9 Å². The number of carbonyl (C=O) groups excluding carboxylic acids is 4. The van der Waals surface area contributed by atoms with Gasteiger partial charge in [0.25, 0.3) is 0 Å². The van der Waals surface area contributed by atoms with E-state index >= 15 is 0 Å². The van der Waals surface area contributed by atoms with E-state index in [9.17, 15) is 23.6 Å². The lowest BCUT2D eigenvalue weighted by molar-refractivity contribution is -0.133. The Kier molecular flexibility index (Phi) is 10.6. The molecular weight excluding hydrogens is 655 g/mol. The molecule has 254 valence electrons. The molecule has 0 bridgehead atoms. The number of nitrogens with zero attached hydrogens (tertiary/aromatic N) is 3. The molecule has 13 heteroatoms. The Labute approximate surface area is 288 Å². The van der Waals surface area contributed by atoms with E-state index in [2.05, 4.69) is 10.6 Å². The minimum absolute atomic E-state index is 0. The molecule has 4 heterocycles. The number of carbonyl (C=O) groups is 4. The van der Waals surface area contributed by atoms with Crippen molar-refractivity contribution < 1.29 is 23.6 Å². The van der Waals surface area contributed by atoms with Gasteiger partial charge in [-0.15, -0.1) is 12.4 Å². The first kappa shape index (κ1) is 35.1. The molecule has 0 spiro atoms. The maximum Gasteiger partial charge on any atom is 0.250 e. The highest BCUT2D eigenvalue weighted by Crippen LogP contribution is 2.40. The fraction of sp³-hybridized carbons (Fsp3) is 0.371. The van der Waals surface area contributed by atoms with Crippen molar-refractivity contribution in [3.8, 4) is 0 Å². The monoisotopic (exact) mass is 694 g/mol. The zero-order valence-corrected chi connectivity index (χ0v) is 28.5. The van der Waals surface area contributed by atoms with Crippen LogP contribution in [-0.2, 0) is 45.1 Å². The van der Waals surface area contributed by atoms with Gasteiger partial charge in [-0.3, -0.25) is 19.2 Å². The van der Waals surface area contributed by atoms with E-state index in [4.69, 9.17) is 5.73 Å². The van der Waals surface area contributed by atoms with Crippen molar-refractivity contribution in [2.45, 2.75) is 70.2 Å². The fourth-order valence-electron chi connectivity index (χ4n) is 6.42. The van der Waals surface area contributed by atoms with E-state index in [0.717, 1.165) is 34.0 Å². The Hall–Kier alpha value is -4.26. The van der Waals surface area contributed by atoms with Crippen LogP contribution in [0, 0.1) is 0 Å². The smallest absolute Gasteiger partial charge is 0.250 e. The molecule has 2 aromatic heterocycles. The second kappa shape index (κ2) is 14.5. The topological polar surface area (TPSA) is 130 Å². The lowest BCUT2D eigenvalue weighted by Crippen LogP contribution is -2.60. The van der Waals surface area contributed by atoms with Crippen molar-refractivity contribution in [3.63, 3.8) is 0 Å². The molecule has 10 nitrogen and oxygen atoms in total. The van der Waals surface area contributed by atoms with Crippen LogP contribution in [0.1, 0.15) is 43.4 Å². The number of halogens is 2. The number of fused-ring (bicyclic) bond motifs is 2. The van der Waals surface area contributed by atoms with Crippen molar-refractivity contribution in [1.29, 1.82) is 0 Å². The summed E-state index contributed by atoms with van der Waals surface area (Å²) < 4.78 is 15.2. The maximum atomic E-state index is 14.3. The maximum absolute atomic E-state index is 14.3. The summed E-state index contributed by atoms with van der Waals surface area (Å²) in [5, 5.41) is 10.5. The number of hydrogen-bond acceptors (Lipinski definition) is 6. The number of nitrogens with one attached hydrogen (secondary N) is 2. The number of benzene rings is 2. The summed E-state index contributed by atoms with van der Waals surface area (Å²) in [5.74, 6) is -1.34. The summed E-state index contributed by atoms with van der Waals surface area (Å²) in [6.07, 6.45) is 3.33. The van der Waals surface area contributed by atoms with Gasteiger partial charge >= 0.3 is 0 Å². The van der Waals surface area contributed by atoms with Gasteiger partial charge in [0.2, 0.25) is 23.6 Å². The summed E-state index contributed by atoms with van der Waals surface area (Å²) in [6, 6.07) is 13.1. The number of para-hydroxylation sites is 2.